The molecule has 6 N–H and O–H groups in total. The Morgan fingerprint density at radius 3 is 2.32 bits per heavy atom. The second kappa shape index (κ2) is 23.5. The number of pyridine rings is 1. The maximum absolute atomic E-state index is 14.4. The van der Waals surface area contributed by atoms with Gasteiger partial charge in [0.2, 0.25) is 17.7 Å². The van der Waals surface area contributed by atoms with Gasteiger partial charge < -0.3 is 60.3 Å². The zero-order valence-electron chi connectivity index (χ0n) is 46.9. The number of piperazine rings is 1. The Morgan fingerprint density at radius 2 is 1.60 bits per heavy atom. The van der Waals surface area contributed by atoms with Crippen LogP contribution in [0.25, 0.3) is 21.7 Å². The number of piperidine rings is 2. The number of aromatic hydroxyl groups is 1. The van der Waals surface area contributed by atoms with Crippen LogP contribution in [0.4, 0.5) is 23.0 Å². The molecule has 1 unspecified atom stereocenters. The van der Waals surface area contributed by atoms with E-state index in [0.29, 0.717) is 58.8 Å². The number of anilines is 4. The summed E-state index contributed by atoms with van der Waals surface area (Å²) < 4.78 is 12.5. The number of aryl methyl sites for hydroxylation is 1. The van der Waals surface area contributed by atoms with Gasteiger partial charge in [0, 0.05) is 99.4 Å². The molecule has 20 heteroatoms. The number of nitrogen functional groups attached to an aromatic ring is 1. The van der Waals surface area contributed by atoms with Gasteiger partial charge in [0.05, 0.1) is 39.6 Å². The number of hydrogen-bond acceptors (Lipinski definition) is 18. The van der Waals surface area contributed by atoms with Gasteiger partial charge in [0.1, 0.15) is 23.8 Å². The maximum atomic E-state index is 14.4. The summed E-state index contributed by atoms with van der Waals surface area (Å²) in [7, 11) is 0. The standard InChI is InChI=1S/C61H77N13O6S/c1-36(2)57(61(78)73-34-47(75)28-52(73)60(77)65-37(3)40-9-11-41(12-10-40)58-38(4)64-35-81-58)54-30-55(69-80-54)71-23-16-39(17-24-71)31-70-21-18-42(19-22-70)66-43-25-48(26-43)79-56-27-44(15-20-63-56)74-45-13-14-46(74)33-72(32-45)51-29-50(67-68-59(51)62)49-7-5-6-8-53(49)76/h5-12,15,20,27,29-30,35-37,39,42-43,45-48,52,57,66,75-76H,13-14,16-19,21-26,28,31-34H2,1-4H3,(H2,62,68)(H,65,77)/t37-,43?,45+,46?,47+,48?,52-,57+/m0/s1. The number of nitrogens with zero attached hydrogens (tertiary/aromatic N) is 10. The fourth-order valence-electron chi connectivity index (χ4n) is 13.6. The average Bonchev–Trinajstić information content (AvgIpc) is 4.28. The molecule has 1 aliphatic carbocycles. The van der Waals surface area contributed by atoms with Crippen LogP contribution in [-0.4, -0.2) is 152 Å². The second-order valence-electron chi connectivity index (χ2n) is 24.0. The highest BCUT2D eigenvalue weighted by Gasteiger charge is 2.45. The van der Waals surface area contributed by atoms with Gasteiger partial charge in [0.25, 0.3) is 0 Å². The molecular weight excluding hydrogens is 1040 g/mol. The predicted octanol–water partition coefficient (Wildman–Crippen LogP) is 7.56. The minimum absolute atomic E-state index is 0.0879. The van der Waals surface area contributed by atoms with E-state index in [1.54, 1.807) is 28.4 Å². The van der Waals surface area contributed by atoms with Crippen LogP contribution in [0.15, 0.2) is 89.0 Å². The van der Waals surface area contributed by atoms with Crippen molar-refractivity contribution in [3.05, 3.63) is 102 Å². The molecule has 6 atom stereocenters. The van der Waals surface area contributed by atoms with Crippen LogP contribution >= 0.6 is 11.3 Å². The van der Waals surface area contributed by atoms with E-state index in [0.717, 1.165) is 136 Å². The summed E-state index contributed by atoms with van der Waals surface area (Å²) in [4.78, 5) is 49.7. The summed E-state index contributed by atoms with van der Waals surface area (Å²) in [5.41, 5.74) is 14.5. The fourth-order valence-corrected chi connectivity index (χ4v) is 14.4. The lowest BCUT2D eigenvalue weighted by molar-refractivity contribution is -0.141. The summed E-state index contributed by atoms with van der Waals surface area (Å²) in [6.45, 7) is 14.6. The number of hydrogen-bond donors (Lipinski definition) is 5. The lowest BCUT2D eigenvalue weighted by Gasteiger charge is -2.43. The molecule has 12 rings (SSSR count). The van der Waals surface area contributed by atoms with Crippen molar-refractivity contribution in [2.45, 2.75) is 140 Å². The maximum Gasteiger partial charge on any atom is 0.243 e. The quantitative estimate of drug-likeness (QED) is 0.0594. The Labute approximate surface area is 478 Å². The van der Waals surface area contributed by atoms with E-state index in [4.69, 9.17) is 15.0 Å². The number of fused-ring (bicyclic) bond motifs is 2. The van der Waals surface area contributed by atoms with Crippen molar-refractivity contribution in [3.63, 3.8) is 0 Å². The van der Waals surface area contributed by atoms with Crippen LogP contribution in [0.5, 0.6) is 11.6 Å². The van der Waals surface area contributed by atoms with Gasteiger partial charge in [-0.05, 0) is 126 Å². The number of nitrogens with two attached hydrogens (primary N) is 1. The number of carbonyl (C=O) groups is 2. The number of aliphatic hydroxyl groups excluding tert-OH is 1. The molecule has 5 aliphatic heterocycles. The molecule has 2 aromatic carbocycles. The first kappa shape index (κ1) is 54.7. The average molecular weight is 1120 g/mol. The number of benzene rings is 2. The number of β-amino-alcohol motifs (C(OH)–C–C–N with tert-alkyl or cyclic N) is 1. The van der Waals surface area contributed by atoms with Crippen molar-refractivity contribution in [2.75, 3.05) is 72.8 Å². The number of phenolic OH excluding ortho intramolecular Hbond substituents is 1. The van der Waals surface area contributed by atoms with Crippen LogP contribution in [-0.2, 0) is 9.59 Å². The minimum atomic E-state index is -0.800. The van der Waals surface area contributed by atoms with Gasteiger partial charge in [-0.3, -0.25) is 9.59 Å². The van der Waals surface area contributed by atoms with Gasteiger partial charge in [-0.2, -0.15) is 0 Å². The molecule has 5 saturated heterocycles. The van der Waals surface area contributed by atoms with E-state index in [-0.39, 0.29) is 48.6 Å². The van der Waals surface area contributed by atoms with Gasteiger partial charge in [-0.15, -0.1) is 21.5 Å². The normalized spacial score (nSPS) is 24.4. The highest BCUT2D eigenvalue weighted by molar-refractivity contribution is 7.13. The smallest absolute Gasteiger partial charge is 0.243 e. The number of amides is 2. The van der Waals surface area contributed by atoms with Crippen molar-refractivity contribution in [1.82, 2.24) is 45.8 Å². The number of thiazole rings is 1. The number of ether oxygens (including phenoxy) is 1. The van der Waals surface area contributed by atoms with Crippen molar-refractivity contribution >= 4 is 46.2 Å². The number of para-hydroxylation sites is 1. The van der Waals surface area contributed by atoms with Crippen LogP contribution in [0.3, 0.4) is 0 Å². The van der Waals surface area contributed by atoms with E-state index in [9.17, 15) is 19.8 Å². The van der Waals surface area contributed by atoms with Crippen molar-refractivity contribution < 1.29 is 29.1 Å². The van der Waals surface area contributed by atoms with Crippen molar-refractivity contribution in [3.8, 4) is 33.3 Å². The molecule has 4 aromatic heterocycles. The summed E-state index contributed by atoms with van der Waals surface area (Å²) in [5.74, 6) is 1.81. The number of aliphatic hydroxyl groups is 1. The summed E-state index contributed by atoms with van der Waals surface area (Å²) in [6.07, 6.45) is 9.95. The third-order valence-corrected chi connectivity index (χ3v) is 19.1. The number of carbonyl (C=O) groups excluding carboxylic acids is 2. The Bertz CT molecular complexity index is 3140. The van der Waals surface area contributed by atoms with E-state index < -0.39 is 18.1 Å². The number of phenols is 1. The van der Waals surface area contributed by atoms with Gasteiger partial charge in [0.15, 0.2) is 17.4 Å². The molecule has 0 radical (unpaired) electrons. The lowest BCUT2D eigenvalue weighted by atomic mass is 9.87. The molecule has 6 aromatic rings. The van der Waals surface area contributed by atoms with Crippen LogP contribution < -0.4 is 35.8 Å². The molecule has 428 valence electrons. The zero-order valence-corrected chi connectivity index (χ0v) is 47.8. The number of aromatic nitrogens is 5. The number of nitrogens with one attached hydrogen (secondary N) is 2. The van der Waals surface area contributed by atoms with Gasteiger partial charge in [-0.1, -0.05) is 55.4 Å². The van der Waals surface area contributed by atoms with E-state index >= 15 is 0 Å². The number of likely N-dealkylation sites (tertiary alicyclic amines) is 2. The Hall–Kier alpha value is -6.87. The van der Waals surface area contributed by atoms with Crippen LogP contribution in [0.2, 0.25) is 0 Å². The molecule has 9 heterocycles. The molecule has 6 fully saturated rings. The van der Waals surface area contributed by atoms with Crippen molar-refractivity contribution in [1.29, 1.82) is 0 Å². The lowest BCUT2D eigenvalue weighted by Crippen LogP contribution is -2.54. The van der Waals surface area contributed by atoms with E-state index in [1.807, 2.05) is 87.9 Å². The molecule has 19 nitrogen and oxygen atoms in total. The second-order valence-corrected chi connectivity index (χ2v) is 24.8. The highest BCUT2D eigenvalue weighted by atomic mass is 32.1. The topological polar surface area (TPSA) is 228 Å². The Balaban J connectivity index is 0.564. The van der Waals surface area contributed by atoms with Gasteiger partial charge in [-0.25, -0.2) is 9.97 Å². The first-order valence-corrected chi connectivity index (χ1v) is 30.2. The van der Waals surface area contributed by atoms with E-state index in [2.05, 4.69) is 67.7 Å². The molecule has 2 amide bonds. The summed E-state index contributed by atoms with van der Waals surface area (Å²) in [5, 5.41) is 41.4. The molecule has 1 saturated carbocycles. The first-order chi connectivity index (χ1) is 39.3. The number of rotatable bonds is 17. The molecule has 6 aliphatic rings. The Morgan fingerprint density at radius 1 is 0.852 bits per heavy atom. The third kappa shape index (κ3) is 11.8. The Kier molecular flexibility index (Phi) is 15.9. The van der Waals surface area contributed by atoms with Crippen LogP contribution in [0.1, 0.15) is 108 Å². The van der Waals surface area contributed by atoms with Crippen LogP contribution in [0, 0.1) is 18.8 Å². The molecule has 0 spiro atoms. The summed E-state index contributed by atoms with van der Waals surface area (Å²) in [6, 6.07) is 23.9. The third-order valence-electron chi connectivity index (χ3n) is 18.1. The fraction of sp³-hybridized carbons (Fsp3) is 0.525. The zero-order chi connectivity index (χ0) is 55.9. The molecular formula is C61H77N13O6S. The molecule has 81 heavy (non-hydrogen) atoms. The SMILES string of the molecule is Cc1ncsc1-c1ccc([C@H](C)NC(=O)[C@@H]2C[C@@H](O)CN2C(=O)[C@@H](c2cc(N3CCC(CN4CCC(NC5CC(Oc6cc(N7C8CC[C@@H]7CN(c7cc(-c9ccccc9O)nnc7N)C8)ccn6)C5)CC4)CC3)no2)C(C)C)cc1. The predicted molar refractivity (Wildman–Crippen MR) is 313 cm³/mol. The monoisotopic (exact) mass is 1120 g/mol. The minimum Gasteiger partial charge on any atom is -0.507 e. The highest BCUT2D eigenvalue weighted by Crippen LogP contribution is 2.41. The largest absolute Gasteiger partial charge is 0.507 e. The first-order valence-electron chi connectivity index (χ1n) is 29.3. The summed E-state index contributed by atoms with van der Waals surface area (Å²) >= 11 is 1.60. The van der Waals surface area contributed by atoms with Gasteiger partial charge >= 0.3 is 0 Å². The van der Waals surface area contributed by atoms with E-state index in [1.165, 1.54) is 0 Å². The van der Waals surface area contributed by atoms with Crippen molar-refractivity contribution in [2.24, 2.45) is 11.8 Å². The molecule has 2 bridgehead atoms.